The summed E-state index contributed by atoms with van der Waals surface area (Å²) in [5.41, 5.74) is -1.65. The van der Waals surface area contributed by atoms with E-state index in [9.17, 15) is 24.3 Å². The summed E-state index contributed by atoms with van der Waals surface area (Å²) in [6.45, 7) is 14.8. The number of aliphatic hydroxyl groups excluding tert-OH is 1. The lowest BCUT2D eigenvalue weighted by molar-refractivity contribution is -0.160. The van der Waals surface area contributed by atoms with Crippen LogP contribution in [0.3, 0.4) is 0 Å². The molecule has 9 heteroatoms. The van der Waals surface area contributed by atoms with Gasteiger partial charge in [0.1, 0.15) is 23.9 Å². The standard InChI is InChI=1S/C23H40N2O7/c1-13(2)10-16(24-14(3)27)19-15(18(28)12-26)11-17(20(29)31-22(4,5)6)25(19)21(30)32-23(7,8)9/h13,15-17,19,26H,10-12H2,1-9H3,(H,24,27)/t15-,16-,17+,19+/m0/s1. The molecule has 0 aromatic heterocycles. The molecule has 1 aliphatic heterocycles. The Morgan fingerprint density at radius 1 is 1.03 bits per heavy atom. The molecule has 1 heterocycles. The average Bonchev–Trinajstić information content (AvgIpc) is 2.97. The van der Waals surface area contributed by atoms with Crippen molar-refractivity contribution in [2.75, 3.05) is 6.61 Å². The van der Waals surface area contributed by atoms with Gasteiger partial charge >= 0.3 is 12.1 Å². The van der Waals surface area contributed by atoms with Gasteiger partial charge in [-0.1, -0.05) is 13.8 Å². The maximum atomic E-state index is 13.3. The number of amides is 2. The molecule has 1 aliphatic rings. The molecular weight excluding hydrogens is 416 g/mol. The van der Waals surface area contributed by atoms with E-state index in [0.717, 1.165) is 0 Å². The fourth-order valence-corrected chi connectivity index (χ4v) is 4.00. The first kappa shape index (κ1) is 27.9. The smallest absolute Gasteiger partial charge is 0.411 e. The number of hydrogen-bond donors (Lipinski definition) is 2. The quantitative estimate of drug-likeness (QED) is 0.564. The number of carbonyl (C=O) groups is 4. The van der Waals surface area contributed by atoms with Gasteiger partial charge in [0.05, 0.1) is 12.1 Å². The number of nitrogens with zero attached hydrogens (tertiary/aromatic N) is 1. The maximum absolute atomic E-state index is 13.3. The van der Waals surface area contributed by atoms with Crippen LogP contribution in [0.2, 0.25) is 0 Å². The zero-order chi connectivity index (χ0) is 25.0. The monoisotopic (exact) mass is 456 g/mol. The Kier molecular flexibility index (Phi) is 9.27. The molecule has 0 aromatic carbocycles. The van der Waals surface area contributed by atoms with Crippen molar-refractivity contribution in [3.05, 3.63) is 0 Å². The van der Waals surface area contributed by atoms with Crippen LogP contribution >= 0.6 is 0 Å². The number of nitrogens with one attached hydrogen (secondary N) is 1. The molecule has 2 amide bonds. The minimum atomic E-state index is -1.09. The number of rotatable bonds is 7. The van der Waals surface area contributed by atoms with Crippen LogP contribution < -0.4 is 5.32 Å². The zero-order valence-electron chi connectivity index (χ0n) is 20.9. The molecule has 0 radical (unpaired) electrons. The number of esters is 1. The highest BCUT2D eigenvalue weighted by atomic mass is 16.6. The molecular formula is C23H40N2O7. The molecule has 184 valence electrons. The van der Waals surface area contributed by atoms with E-state index in [-0.39, 0.29) is 18.2 Å². The highest BCUT2D eigenvalue weighted by molar-refractivity contribution is 5.89. The molecule has 0 aliphatic carbocycles. The fourth-order valence-electron chi connectivity index (χ4n) is 4.00. The van der Waals surface area contributed by atoms with Crippen LogP contribution in [0.15, 0.2) is 0 Å². The lowest BCUT2D eigenvalue weighted by Gasteiger charge is -2.38. The molecule has 1 rings (SSSR count). The van der Waals surface area contributed by atoms with Crippen molar-refractivity contribution in [2.24, 2.45) is 11.8 Å². The summed E-state index contributed by atoms with van der Waals surface area (Å²) in [6, 6.07) is -2.57. The highest BCUT2D eigenvalue weighted by Gasteiger charge is 2.54. The lowest BCUT2D eigenvalue weighted by atomic mass is 9.86. The van der Waals surface area contributed by atoms with E-state index in [1.54, 1.807) is 41.5 Å². The minimum Gasteiger partial charge on any atom is -0.458 e. The Bertz CT molecular complexity index is 706. The topological polar surface area (TPSA) is 122 Å². The summed E-state index contributed by atoms with van der Waals surface area (Å²) >= 11 is 0. The zero-order valence-corrected chi connectivity index (χ0v) is 20.9. The first-order valence-electron chi connectivity index (χ1n) is 11.1. The molecule has 1 fully saturated rings. The van der Waals surface area contributed by atoms with E-state index in [0.29, 0.717) is 6.42 Å². The Morgan fingerprint density at radius 2 is 1.56 bits per heavy atom. The van der Waals surface area contributed by atoms with Crippen LogP contribution in [0, 0.1) is 11.8 Å². The van der Waals surface area contributed by atoms with Crippen LogP contribution in [0.25, 0.3) is 0 Å². The molecule has 0 bridgehead atoms. The van der Waals surface area contributed by atoms with E-state index in [1.807, 2.05) is 13.8 Å². The van der Waals surface area contributed by atoms with E-state index >= 15 is 0 Å². The summed E-state index contributed by atoms with van der Waals surface area (Å²) in [6.07, 6.45) is -0.336. The molecule has 0 unspecified atom stereocenters. The van der Waals surface area contributed by atoms with E-state index in [2.05, 4.69) is 5.32 Å². The second-order valence-electron chi connectivity index (χ2n) is 10.8. The Labute approximate surface area is 191 Å². The summed E-state index contributed by atoms with van der Waals surface area (Å²) in [5, 5.41) is 12.4. The van der Waals surface area contributed by atoms with Crippen molar-refractivity contribution < 1.29 is 33.8 Å². The minimum absolute atomic E-state index is 0.0214. The molecule has 4 atom stereocenters. The Morgan fingerprint density at radius 3 is 1.97 bits per heavy atom. The summed E-state index contributed by atoms with van der Waals surface area (Å²) in [7, 11) is 0. The second-order valence-corrected chi connectivity index (χ2v) is 10.8. The predicted octanol–water partition coefficient (Wildman–Crippen LogP) is 2.43. The summed E-state index contributed by atoms with van der Waals surface area (Å²) in [5.74, 6) is -2.23. The number of ether oxygens (including phenoxy) is 2. The summed E-state index contributed by atoms with van der Waals surface area (Å²) < 4.78 is 11.1. The van der Waals surface area contributed by atoms with E-state index in [4.69, 9.17) is 9.47 Å². The van der Waals surface area contributed by atoms with E-state index in [1.165, 1.54) is 11.8 Å². The van der Waals surface area contributed by atoms with Gasteiger partial charge in [-0.15, -0.1) is 0 Å². The van der Waals surface area contributed by atoms with Crippen LogP contribution in [-0.4, -0.2) is 69.7 Å². The third-order valence-electron chi connectivity index (χ3n) is 4.93. The number of aliphatic hydroxyl groups is 1. The number of Topliss-reactive ketones (excluding diaryl/α,β-unsaturated/α-hetero) is 1. The van der Waals surface area contributed by atoms with Gasteiger partial charge in [-0.05, 0) is 60.3 Å². The first-order chi connectivity index (χ1) is 14.5. The molecule has 1 saturated heterocycles. The number of carbonyl (C=O) groups excluding carboxylic acids is 4. The van der Waals surface area contributed by atoms with Gasteiger partial charge < -0.3 is 19.9 Å². The van der Waals surface area contributed by atoms with Crippen molar-refractivity contribution in [1.29, 1.82) is 0 Å². The molecule has 0 aromatic rings. The molecule has 2 N–H and O–H groups in total. The third kappa shape index (κ3) is 8.07. The Balaban J connectivity index is 3.57. The third-order valence-corrected chi connectivity index (χ3v) is 4.93. The van der Waals surface area contributed by atoms with Crippen LogP contribution in [0.1, 0.15) is 75.2 Å². The molecule has 9 nitrogen and oxygen atoms in total. The van der Waals surface area contributed by atoms with Crippen LogP contribution in [0.5, 0.6) is 0 Å². The number of ketones is 1. The number of hydrogen-bond acceptors (Lipinski definition) is 7. The highest BCUT2D eigenvalue weighted by Crippen LogP contribution is 2.37. The lowest BCUT2D eigenvalue weighted by Crippen LogP contribution is -2.57. The van der Waals surface area contributed by atoms with Gasteiger partial charge in [0, 0.05) is 12.8 Å². The van der Waals surface area contributed by atoms with E-state index < -0.39 is 59.7 Å². The van der Waals surface area contributed by atoms with Gasteiger partial charge in [0.15, 0.2) is 5.78 Å². The van der Waals surface area contributed by atoms with Gasteiger partial charge in [-0.2, -0.15) is 0 Å². The van der Waals surface area contributed by atoms with Crippen molar-refractivity contribution in [3.63, 3.8) is 0 Å². The van der Waals surface area contributed by atoms with Crippen molar-refractivity contribution in [3.8, 4) is 0 Å². The van der Waals surface area contributed by atoms with Gasteiger partial charge in [0.25, 0.3) is 0 Å². The first-order valence-corrected chi connectivity index (χ1v) is 11.1. The SMILES string of the molecule is CC(=O)N[C@@H](CC(C)C)[C@H]1[C@H](C(=O)CO)C[C@H](C(=O)OC(C)(C)C)N1C(=O)OC(C)(C)C. The summed E-state index contributed by atoms with van der Waals surface area (Å²) in [4.78, 5) is 52.3. The average molecular weight is 457 g/mol. The fraction of sp³-hybridized carbons (Fsp3) is 0.826. The molecule has 0 spiro atoms. The Hall–Kier alpha value is -2.16. The van der Waals surface area contributed by atoms with Gasteiger partial charge in [0.2, 0.25) is 5.91 Å². The molecule has 32 heavy (non-hydrogen) atoms. The second kappa shape index (κ2) is 10.6. The molecule has 0 saturated carbocycles. The van der Waals surface area contributed by atoms with Crippen LogP contribution in [0.4, 0.5) is 4.79 Å². The predicted molar refractivity (Wildman–Crippen MR) is 119 cm³/mol. The number of likely N-dealkylation sites (tertiary alicyclic amines) is 1. The van der Waals surface area contributed by atoms with Gasteiger partial charge in [-0.25, -0.2) is 9.59 Å². The van der Waals surface area contributed by atoms with Crippen molar-refractivity contribution >= 4 is 23.8 Å². The van der Waals surface area contributed by atoms with Gasteiger partial charge in [-0.3, -0.25) is 14.5 Å². The van der Waals surface area contributed by atoms with Crippen LogP contribution in [-0.2, 0) is 23.9 Å². The maximum Gasteiger partial charge on any atom is 0.411 e. The largest absolute Gasteiger partial charge is 0.458 e. The normalized spacial score (nSPS) is 22.5. The van der Waals surface area contributed by atoms with Crippen molar-refractivity contribution in [2.45, 2.75) is 104 Å². The van der Waals surface area contributed by atoms with Crippen molar-refractivity contribution in [1.82, 2.24) is 10.2 Å².